The van der Waals surface area contributed by atoms with Crippen LogP contribution in [0.25, 0.3) is 6.08 Å². The minimum Gasteiger partial charge on any atom is -0.297 e. The van der Waals surface area contributed by atoms with Crippen molar-refractivity contribution in [2.24, 2.45) is 0 Å². The number of rotatable bonds is 4. The maximum Gasteiger partial charge on any atom is 0.151 e. The van der Waals surface area contributed by atoms with Crippen LogP contribution < -0.4 is 0 Å². The first-order valence-electron chi connectivity index (χ1n) is 8.01. The minimum absolute atomic E-state index is 0.256. The van der Waals surface area contributed by atoms with Crippen LogP contribution >= 0.6 is 0 Å². The van der Waals surface area contributed by atoms with Crippen molar-refractivity contribution in [1.29, 1.82) is 0 Å². The average Bonchev–Trinajstić information content (AvgIpc) is 2.89. The van der Waals surface area contributed by atoms with E-state index in [-0.39, 0.29) is 6.04 Å². The minimum atomic E-state index is -2.77. The Kier molecular flexibility index (Phi) is 4.96. The molecule has 2 fully saturated rings. The van der Waals surface area contributed by atoms with Gasteiger partial charge in [-0.25, -0.2) is 8.42 Å². The smallest absolute Gasteiger partial charge is 0.151 e. The van der Waals surface area contributed by atoms with Gasteiger partial charge in [0, 0.05) is 38.8 Å². The summed E-state index contributed by atoms with van der Waals surface area (Å²) in [5, 5.41) is 0. The lowest BCUT2D eigenvalue weighted by Gasteiger charge is -2.37. The first kappa shape index (κ1) is 15.7. The average molecular weight is 320 g/mol. The Morgan fingerprint density at radius 2 is 1.82 bits per heavy atom. The van der Waals surface area contributed by atoms with Crippen LogP contribution in [0.4, 0.5) is 0 Å². The normalized spacial score (nSPS) is 26.6. The largest absolute Gasteiger partial charge is 0.297 e. The van der Waals surface area contributed by atoms with Crippen molar-refractivity contribution < 1.29 is 8.42 Å². The number of sulfone groups is 1. The molecule has 22 heavy (non-hydrogen) atoms. The van der Waals surface area contributed by atoms with Crippen LogP contribution in [0, 0.1) is 0 Å². The van der Waals surface area contributed by atoms with Crippen molar-refractivity contribution in [3.63, 3.8) is 0 Å². The predicted octanol–water partition coefficient (Wildman–Crippen LogP) is 1.50. The van der Waals surface area contributed by atoms with Crippen LogP contribution in [0.15, 0.2) is 36.4 Å². The van der Waals surface area contributed by atoms with E-state index in [0.717, 1.165) is 39.1 Å². The lowest BCUT2D eigenvalue weighted by molar-refractivity contribution is 0.112. The van der Waals surface area contributed by atoms with E-state index < -0.39 is 9.84 Å². The highest BCUT2D eigenvalue weighted by Gasteiger charge is 2.33. The summed E-state index contributed by atoms with van der Waals surface area (Å²) >= 11 is 0. The Morgan fingerprint density at radius 1 is 1.09 bits per heavy atom. The van der Waals surface area contributed by atoms with Gasteiger partial charge in [0.2, 0.25) is 0 Å². The predicted molar refractivity (Wildman–Crippen MR) is 90.5 cm³/mol. The van der Waals surface area contributed by atoms with Crippen LogP contribution in [0.3, 0.4) is 0 Å². The Bertz CT molecular complexity index is 605. The number of hydrogen-bond acceptors (Lipinski definition) is 4. The van der Waals surface area contributed by atoms with Crippen molar-refractivity contribution in [3.05, 3.63) is 42.0 Å². The van der Waals surface area contributed by atoms with E-state index in [1.165, 1.54) is 5.56 Å². The molecule has 2 aliphatic rings. The summed E-state index contributed by atoms with van der Waals surface area (Å²) < 4.78 is 23.2. The Labute approximate surface area is 133 Å². The summed E-state index contributed by atoms with van der Waals surface area (Å²) in [4.78, 5) is 4.79. The number of hydrogen-bond donors (Lipinski definition) is 0. The van der Waals surface area contributed by atoms with Crippen molar-refractivity contribution in [2.75, 3.05) is 44.2 Å². The zero-order valence-corrected chi connectivity index (χ0v) is 13.7. The van der Waals surface area contributed by atoms with Gasteiger partial charge in [0.1, 0.15) is 0 Å². The second kappa shape index (κ2) is 6.94. The molecule has 2 aliphatic heterocycles. The Hall–Kier alpha value is -1.17. The molecule has 0 aliphatic carbocycles. The summed E-state index contributed by atoms with van der Waals surface area (Å²) in [6.45, 7) is 4.98. The number of benzene rings is 1. The molecule has 0 N–H and O–H groups in total. The molecular weight excluding hydrogens is 296 g/mol. The molecule has 2 heterocycles. The Balaban J connectivity index is 1.43. The lowest BCUT2D eigenvalue weighted by atomic mass is 10.2. The first-order chi connectivity index (χ1) is 10.6. The second-order valence-electron chi connectivity index (χ2n) is 6.21. The third kappa shape index (κ3) is 4.18. The van der Waals surface area contributed by atoms with E-state index in [2.05, 4.69) is 34.1 Å². The van der Waals surface area contributed by atoms with Gasteiger partial charge in [0.15, 0.2) is 9.84 Å². The topological polar surface area (TPSA) is 40.6 Å². The van der Waals surface area contributed by atoms with Gasteiger partial charge in [0.05, 0.1) is 11.5 Å². The standard InChI is InChI=1S/C17H24N2O2S/c20-22(21)14-8-17(15-22)19-12-10-18(11-13-19)9-4-7-16-5-2-1-3-6-16/h1-7,17H,8-15H2/b7-4+/t17-/m1/s1. The molecule has 3 rings (SSSR count). The van der Waals surface area contributed by atoms with Gasteiger partial charge in [-0.1, -0.05) is 42.5 Å². The molecule has 1 atom stereocenters. The monoisotopic (exact) mass is 320 g/mol. The quantitative estimate of drug-likeness (QED) is 0.843. The van der Waals surface area contributed by atoms with Gasteiger partial charge >= 0.3 is 0 Å². The molecule has 0 amide bonds. The number of nitrogens with zero attached hydrogens (tertiary/aromatic N) is 2. The third-order valence-corrected chi connectivity index (χ3v) is 6.36. The first-order valence-corrected chi connectivity index (χ1v) is 9.83. The molecule has 120 valence electrons. The van der Waals surface area contributed by atoms with Gasteiger partial charge in [-0.3, -0.25) is 9.80 Å². The molecule has 2 saturated heterocycles. The maximum atomic E-state index is 11.6. The highest BCUT2D eigenvalue weighted by atomic mass is 32.2. The van der Waals surface area contributed by atoms with E-state index in [4.69, 9.17) is 0 Å². The zero-order chi connectivity index (χ0) is 15.4. The van der Waals surface area contributed by atoms with Crippen LogP contribution in [0.1, 0.15) is 12.0 Å². The summed E-state index contributed by atoms with van der Waals surface area (Å²) in [6.07, 6.45) is 5.19. The molecule has 0 spiro atoms. The van der Waals surface area contributed by atoms with Crippen molar-refractivity contribution in [3.8, 4) is 0 Å². The van der Waals surface area contributed by atoms with E-state index >= 15 is 0 Å². The summed E-state index contributed by atoms with van der Waals surface area (Å²) in [6, 6.07) is 10.6. The molecule has 0 saturated carbocycles. The van der Waals surface area contributed by atoms with Gasteiger partial charge in [0.25, 0.3) is 0 Å². The van der Waals surface area contributed by atoms with E-state index in [1.807, 2.05) is 18.2 Å². The molecule has 0 aromatic heterocycles. The molecule has 0 unspecified atom stereocenters. The molecule has 0 radical (unpaired) electrons. The zero-order valence-electron chi connectivity index (χ0n) is 12.9. The highest BCUT2D eigenvalue weighted by molar-refractivity contribution is 7.91. The second-order valence-corrected chi connectivity index (χ2v) is 8.44. The van der Waals surface area contributed by atoms with Crippen LogP contribution in [-0.4, -0.2) is 68.5 Å². The SMILES string of the molecule is O=S1(=O)CC[C@@H](N2CCN(C/C=C/c3ccccc3)CC2)C1. The fourth-order valence-electron chi connectivity index (χ4n) is 3.28. The van der Waals surface area contributed by atoms with E-state index in [0.29, 0.717) is 11.5 Å². The van der Waals surface area contributed by atoms with Crippen molar-refractivity contribution >= 4 is 15.9 Å². The molecule has 1 aromatic carbocycles. The fraction of sp³-hybridized carbons (Fsp3) is 0.529. The van der Waals surface area contributed by atoms with E-state index in [1.54, 1.807) is 0 Å². The van der Waals surface area contributed by atoms with Crippen LogP contribution in [0.5, 0.6) is 0 Å². The van der Waals surface area contributed by atoms with Crippen LogP contribution in [0.2, 0.25) is 0 Å². The van der Waals surface area contributed by atoms with E-state index in [9.17, 15) is 8.42 Å². The third-order valence-electron chi connectivity index (χ3n) is 4.61. The summed E-state index contributed by atoms with van der Waals surface area (Å²) in [5.74, 6) is 0.735. The maximum absolute atomic E-state index is 11.6. The van der Waals surface area contributed by atoms with Crippen LogP contribution in [-0.2, 0) is 9.84 Å². The van der Waals surface area contributed by atoms with Gasteiger partial charge < -0.3 is 0 Å². The van der Waals surface area contributed by atoms with Gasteiger partial charge in [-0.2, -0.15) is 0 Å². The number of piperazine rings is 1. The molecule has 0 bridgehead atoms. The van der Waals surface area contributed by atoms with Crippen molar-refractivity contribution in [2.45, 2.75) is 12.5 Å². The van der Waals surface area contributed by atoms with Crippen molar-refractivity contribution in [1.82, 2.24) is 9.80 Å². The fourth-order valence-corrected chi connectivity index (χ4v) is 5.04. The molecule has 4 nitrogen and oxygen atoms in total. The highest BCUT2D eigenvalue weighted by Crippen LogP contribution is 2.19. The van der Waals surface area contributed by atoms with Gasteiger partial charge in [-0.15, -0.1) is 0 Å². The Morgan fingerprint density at radius 3 is 2.45 bits per heavy atom. The molecular formula is C17H24N2O2S. The molecule has 5 heteroatoms. The summed E-state index contributed by atoms with van der Waals surface area (Å²) in [7, 11) is -2.77. The molecule has 1 aromatic rings. The lowest BCUT2D eigenvalue weighted by Crippen LogP contribution is -2.50. The van der Waals surface area contributed by atoms with Gasteiger partial charge in [-0.05, 0) is 12.0 Å². The summed E-state index contributed by atoms with van der Waals surface area (Å²) in [5.41, 5.74) is 1.23.